The van der Waals surface area contributed by atoms with Crippen LogP contribution >= 0.6 is 11.3 Å². The summed E-state index contributed by atoms with van der Waals surface area (Å²) in [5, 5.41) is 10.0. The van der Waals surface area contributed by atoms with Crippen LogP contribution < -0.4 is 0 Å². The van der Waals surface area contributed by atoms with Crippen molar-refractivity contribution >= 4 is 17.3 Å². The molecule has 4 nitrogen and oxygen atoms in total. The molecule has 2 rings (SSSR count). The molecule has 0 saturated heterocycles. The number of benzene rings is 1. The lowest BCUT2D eigenvalue weighted by molar-refractivity contribution is 0.00696. The summed E-state index contributed by atoms with van der Waals surface area (Å²) < 4.78 is 5.32. The first-order valence-corrected chi connectivity index (χ1v) is 7.53. The summed E-state index contributed by atoms with van der Waals surface area (Å²) in [6.07, 6.45) is 0. The molecule has 21 heavy (non-hydrogen) atoms. The van der Waals surface area contributed by atoms with E-state index in [9.17, 15) is 9.90 Å². The highest BCUT2D eigenvalue weighted by Crippen LogP contribution is 2.28. The maximum absolute atomic E-state index is 11.9. The summed E-state index contributed by atoms with van der Waals surface area (Å²) >= 11 is 1.53. The van der Waals surface area contributed by atoms with Gasteiger partial charge in [0.2, 0.25) is 0 Å². The molecule has 1 aromatic heterocycles. The van der Waals surface area contributed by atoms with Crippen molar-refractivity contribution < 1.29 is 14.6 Å². The van der Waals surface area contributed by atoms with Gasteiger partial charge in [-0.25, -0.2) is 9.78 Å². The lowest BCUT2D eigenvalue weighted by Crippen LogP contribution is -2.23. The average Bonchev–Trinajstić information content (AvgIpc) is 2.78. The molecule has 0 saturated carbocycles. The van der Waals surface area contributed by atoms with Gasteiger partial charge in [0.05, 0.1) is 17.9 Å². The molecular formula is C16H19NO3S. The zero-order valence-corrected chi connectivity index (χ0v) is 13.5. The number of esters is 1. The van der Waals surface area contributed by atoms with E-state index in [0.29, 0.717) is 11.3 Å². The number of thiazole rings is 1. The van der Waals surface area contributed by atoms with Gasteiger partial charge in [0, 0.05) is 10.4 Å². The third kappa shape index (κ3) is 3.89. The summed E-state index contributed by atoms with van der Waals surface area (Å²) in [6.45, 7) is 7.40. The van der Waals surface area contributed by atoms with Gasteiger partial charge in [0.1, 0.15) is 10.6 Å². The summed E-state index contributed by atoms with van der Waals surface area (Å²) in [5.74, 6) is -0.333. The Kier molecular flexibility index (Phi) is 4.44. The minimum atomic E-state index is -0.502. The molecule has 0 atom stereocenters. The number of hydrogen-bond acceptors (Lipinski definition) is 5. The third-order valence-corrected chi connectivity index (χ3v) is 3.87. The van der Waals surface area contributed by atoms with E-state index in [-0.39, 0.29) is 12.6 Å². The first-order valence-electron chi connectivity index (χ1n) is 6.71. The number of aromatic nitrogens is 1. The summed E-state index contributed by atoms with van der Waals surface area (Å²) in [4.78, 5) is 17.3. The average molecular weight is 305 g/mol. The van der Waals surface area contributed by atoms with Crippen LogP contribution in [0.15, 0.2) is 24.3 Å². The van der Waals surface area contributed by atoms with Gasteiger partial charge in [-0.2, -0.15) is 0 Å². The van der Waals surface area contributed by atoms with Gasteiger partial charge in [0.25, 0.3) is 0 Å². The Morgan fingerprint density at radius 2 is 1.90 bits per heavy atom. The molecule has 1 N–H and O–H groups in total. The van der Waals surface area contributed by atoms with Crippen molar-refractivity contribution in [2.45, 2.75) is 39.9 Å². The molecule has 0 aliphatic carbocycles. The fraction of sp³-hybridized carbons (Fsp3) is 0.375. The molecule has 0 spiro atoms. The largest absolute Gasteiger partial charge is 0.456 e. The van der Waals surface area contributed by atoms with Crippen molar-refractivity contribution in [3.05, 3.63) is 40.4 Å². The lowest BCUT2D eigenvalue weighted by atomic mass is 10.1. The van der Waals surface area contributed by atoms with Crippen molar-refractivity contribution in [3.8, 4) is 10.6 Å². The van der Waals surface area contributed by atoms with Crippen LogP contribution in [0.1, 0.15) is 41.7 Å². The molecule has 0 amide bonds. The normalized spacial score (nSPS) is 11.5. The zero-order valence-electron chi connectivity index (χ0n) is 12.6. The van der Waals surface area contributed by atoms with Crippen molar-refractivity contribution in [2.75, 3.05) is 0 Å². The van der Waals surface area contributed by atoms with Crippen LogP contribution in [0.3, 0.4) is 0 Å². The SMILES string of the molecule is Cc1sc(-c2ccc(C(=O)OC(C)(C)C)cc2)nc1CO. The van der Waals surface area contributed by atoms with E-state index < -0.39 is 5.60 Å². The Labute approximate surface area is 128 Å². The first kappa shape index (κ1) is 15.7. The van der Waals surface area contributed by atoms with Crippen LogP contribution in [0.2, 0.25) is 0 Å². The van der Waals surface area contributed by atoms with Gasteiger partial charge in [0.15, 0.2) is 0 Å². The maximum atomic E-state index is 11.9. The lowest BCUT2D eigenvalue weighted by Gasteiger charge is -2.19. The van der Waals surface area contributed by atoms with Crippen LogP contribution in [0.25, 0.3) is 10.6 Å². The van der Waals surface area contributed by atoms with Gasteiger partial charge in [-0.1, -0.05) is 12.1 Å². The fourth-order valence-corrected chi connectivity index (χ4v) is 2.71. The van der Waals surface area contributed by atoms with E-state index >= 15 is 0 Å². The standard InChI is InChI=1S/C16H19NO3S/c1-10-13(9-18)17-14(21-10)11-5-7-12(8-6-11)15(19)20-16(2,3)4/h5-8,18H,9H2,1-4H3. The summed E-state index contributed by atoms with van der Waals surface area (Å²) in [6, 6.07) is 7.16. The first-order chi connectivity index (χ1) is 9.80. The predicted molar refractivity (Wildman–Crippen MR) is 83.4 cm³/mol. The summed E-state index contributed by atoms with van der Waals surface area (Å²) in [7, 11) is 0. The van der Waals surface area contributed by atoms with Crippen molar-refractivity contribution in [2.24, 2.45) is 0 Å². The molecule has 0 bridgehead atoms. The third-order valence-electron chi connectivity index (χ3n) is 2.81. The number of aliphatic hydroxyl groups is 1. The second-order valence-corrected chi connectivity index (χ2v) is 6.96. The number of hydrogen-bond donors (Lipinski definition) is 1. The number of carbonyl (C=O) groups excluding carboxylic acids is 1. The van der Waals surface area contributed by atoms with Crippen LogP contribution in [0, 0.1) is 6.92 Å². The molecule has 1 heterocycles. The Hall–Kier alpha value is -1.72. The van der Waals surface area contributed by atoms with Gasteiger partial charge in [-0.3, -0.25) is 0 Å². The van der Waals surface area contributed by atoms with E-state index in [1.807, 2.05) is 39.8 Å². The van der Waals surface area contributed by atoms with Crippen molar-refractivity contribution in [1.82, 2.24) is 4.98 Å². The molecule has 2 aromatic rings. The monoisotopic (exact) mass is 305 g/mol. The second kappa shape index (κ2) is 5.95. The van der Waals surface area contributed by atoms with Gasteiger partial charge >= 0.3 is 5.97 Å². The Balaban J connectivity index is 2.20. The molecule has 0 unspecified atom stereocenters. The molecular weight excluding hydrogens is 286 g/mol. The highest BCUT2D eigenvalue weighted by Gasteiger charge is 2.18. The second-order valence-electron chi connectivity index (χ2n) is 5.76. The van der Waals surface area contributed by atoms with E-state index in [2.05, 4.69) is 4.98 Å². The van der Waals surface area contributed by atoms with Crippen LogP contribution in [0.5, 0.6) is 0 Å². The number of aliphatic hydroxyl groups excluding tert-OH is 1. The molecule has 0 radical (unpaired) electrons. The number of carbonyl (C=O) groups is 1. The van der Waals surface area contributed by atoms with Crippen LogP contribution in [-0.2, 0) is 11.3 Å². The Morgan fingerprint density at radius 1 is 1.29 bits per heavy atom. The highest BCUT2D eigenvalue weighted by atomic mass is 32.1. The van der Waals surface area contributed by atoms with Gasteiger partial charge in [-0.05, 0) is 39.8 Å². The van der Waals surface area contributed by atoms with E-state index in [4.69, 9.17) is 4.74 Å². The minimum Gasteiger partial charge on any atom is -0.456 e. The number of rotatable bonds is 3. The van der Waals surface area contributed by atoms with Crippen molar-refractivity contribution in [1.29, 1.82) is 0 Å². The van der Waals surface area contributed by atoms with E-state index in [1.165, 1.54) is 11.3 Å². The summed E-state index contributed by atoms with van der Waals surface area (Å²) in [5.41, 5.74) is 1.64. The van der Waals surface area contributed by atoms with Gasteiger partial charge in [-0.15, -0.1) is 11.3 Å². The molecule has 5 heteroatoms. The molecule has 112 valence electrons. The highest BCUT2D eigenvalue weighted by molar-refractivity contribution is 7.15. The fourth-order valence-electron chi connectivity index (χ4n) is 1.78. The Morgan fingerprint density at radius 3 is 2.38 bits per heavy atom. The van der Waals surface area contributed by atoms with Crippen molar-refractivity contribution in [3.63, 3.8) is 0 Å². The minimum absolute atomic E-state index is 0.0572. The topological polar surface area (TPSA) is 59.4 Å². The predicted octanol–water partition coefficient (Wildman–Crippen LogP) is 3.57. The smallest absolute Gasteiger partial charge is 0.338 e. The molecule has 0 aliphatic heterocycles. The number of nitrogens with zero attached hydrogens (tertiary/aromatic N) is 1. The number of aryl methyl sites for hydroxylation is 1. The van der Waals surface area contributed by atoms with Crippen LogP contribution in [-0.4, -0.2) is 21.7 Å². The number of ether oxygens (including phenoxy) is 1. The molecule has 0 aliphatic rings. The Bertz CT molecular complexity index is 639. The quantitative estimate of drug-likeness (QED) is 0.881. The van der Waals surface area contributed by atoms with E-state index in [0.717, 1.165) is 15.4 Å². The van der Waals surface area contributed by atoms with Gasteiger partial charge < -0.3 is 9.84 Å². The van der Waals surface area contributed by atoms with Crippen LogP contribution in [0.4, 0.5) is 0 Å². The molecule has 1 aromatic carbocycles. The maximum Gasteiger partial charge on any atom is 0.338 e. The zero-order chi connectivity index (χ0) is 15.6. The molecule has 0 fully saturated rings. The van der Waals surface area contributed by atoms with E-state index in [1.54, 1.807) is 12.1 Å².